The summed E-state index contributed by atoms with van der Waals surface area (Å²) in [6, 6.07) is 1.95. The van der Waals surface area contributed by atoms with Gasteiger partial charge in [-0.15, -0.1) is 0 Å². The Bertz CT molecular complexity index is 453. The molecule has 5 nitrogen and oxygen atoms in total. The Morgan fingerprint density at radius 3 is 2.58 bits per heavy atom. The van der Waals surface area contributed by atoms with Crippen molar-refractivity contribution in [2.45, 2.75) is 50.7 Å². The van der Waals surface area contributed by atoms with Crippen molar-refractivity contribution in [3.8, 4) is 5.88 Å². The van der Waals surface area contributed by atoms with Gasteiger partial charge in [0.25, 0.3) is 0 Å². The Labute approximate surface area is 114 Å². The summed E-state index contributed by atoms with van der Waals surface area (Å²) in [6.07, 6.45) is 6.65. The number of hydrogen-bond donors (Lipinski definition) is 1. The van der Waals surface area contributed by atoms with Gasteiger partial charge in [-0.05, 0) is 32.6 Å². The van der Waals surface area contributed by atoms with Crippen molar-refractivity contribution in [1.82, 2.24) is 15.3 Å². The van der Waals surface area contributed by atoms with Gasteiger partial charge in [0.1, 0.15) is 12.1 Å². The third-order valence-electron chi connectivity index (χ3n) is 4.53. The van der Waals surface area contributed by atoms with Crippen molar-refractivity contribution in [3.63, 3.8) is 0 Å². The molecule has 5 heteroatoms. The van der Waals surface area contributed by atoms with Gasteiger partial charge in [0.05, 0.1) is 12.7 Å². The summed E-state index contributed by atoms with van der Waals surface area (Å²) < 4.78 is 5.29. The van der Waals surface area contributed by atoms with E-state index in [1.165, 1.54) is 25.7 Å². The summed E-state index contributed by atoms with van der Waals surface area (Å²) in [5, 5.41) is 3.68. The molecular formula is C14H22N4O. The number of ether oxygens (including phenoxy) is 1. The first-order valence-corrected chi connectivity index (χ1v) is 7.03. The smallest absolute Gasteiger partial charge is 0.221 e. The molecule has 0 aromatic carbocycles. The SMILES string of the molecule is COc1ncnc(N(C)C2CC3CCC(C2)N3)c1C. The van der Waals surface area contributed by atoms with Gasteiger partial charge >= 0.3 is 0 Å². The van der Waals surface area contributed by atoms with E-state index in [4.69, 9.17) is 4.74 Å². The molecule has 2 atom stereocenters. The fourth-order valence-corrected chi connectivity index (χ4v) is 3.50. The molecule has 104 valence electrons. The van der Waals surface area contributed by atoms with Gasteiger partial charge < -0.3 is 15.0 Å². The molecule has 3 rings (SSSR count). The number of aromatic nitrogens is 2. The van der Waals surface area contributed by atoms with Crippen LogP contribution in [0, 0.1) is 6.92 Å². The Kier molecular flexibility index (Phi) is 3.31. The number of nitrogens with one attached hydrogen (secondary N) is 1. The molecule has 2 aliphatic rings. The van der Waals surface area contributed by atoms with Gasteiger partial charge in [-0.1, -0.05) is 0 Å². The van der Waals surface area contributed by atoms with Crippen molar-refractivity contribution < 1.29 is 4.74 Å². The van der Waals surface area contributed by atoms with E-state index in [2.05, 4.69) is 27.2 Å². The van der Waals surface area contributed by atoms with Gasteiger partial charge in [-0.3, -0.25) is 0 Å². The van der Waals surface area contributed by atoms with E-state index in [1.807, 2.05) is 6.92 Å². The highest BCUT2D eigenvalue weighted by molar-refractivity contribution is 5.50. The third kappa shape index (κ3) is 2.27. The second kappa shape index (κ2) is 4.96. The van der Waals surface area contributed by atoms with Gasteiger partial charge in [0.15, 0.2) is 0 Å². The van der Waals surface area contributed by atoms with Crippen LogP contribution in [0.15, 0.2) is 6.33 Å². The van der Waals surface area contributed by atoms with Crippen LogP contribution in [0.2, 0.25) is 0 Å². The minimum atomic E-state index is 0.567. The molecule has 0 aliphatic carbocycles. The maximum atomic E-state index is 5.29. The third-order valence-corrected chi connectivity index (χ3v) is 4.53. The van der Waals surface area contributed by atoms with Gasteiger partial charge in [0, 0.05) is 25.2 Å². The summed E-state index contributed by atoms with van der Waals surface area (Å²) in [4.78, 5) is 10.9. The second-order valence-corrected chi connectivity index (χ2v) is 5.71. The first-order chi connectivity index (χ1) is 9.19. The minimum absolute atomic E-state index is 0.567. The van der Waals surface area contributed by atoms with E-state index >= 15 is 0 Å². The number of anilines is 1. The zero-order valence-electron chi connectivity index (χ0n) is 11.9. The molecule has 2 aliphatic heterocycles. The lowest BCUT2D eigenvalue weighted by atomic mass is 9.98. The highest BCUT2D eigenvalue weighted by atomic mass is 16.5. The minimum Gasteiger partial charge on any atom is -0.481 e. The van der Waals surface area contributed by atoms with Crippen molar-refractivity contribution in [2.24, 2.45) is 0 Å². The fraction of sp³-hybridized carbons (Fsp3) is 0.714. The zero-order chi connectivity index (χ0) is 13.4. The topological polar surface area (TPSA) is 50.3 Å². The molecule has 2 saturated heterocycles. The zero-order valence-corrected chi connectivity index (χ0v) is 11.9. The highest BCUT2D eigenvalue weighted by Gasteiger charge is 2.35. The molecule has 3 heterocycles. The van der Waals surface area contributed by atoms with Crippen molar-refractivity contribution >= 4 is 5.82 Å². The molecule has 0 saturated carbocycles. The van der Waals surface area contributed by atoms with Crippen molar-refractivity contribution in [2.75, 3.05) is 19.1 Å². The molecule has 1 aromatic heterocycles. The average molecular weight is 262 g/mol. The van der Waals surface area contributed by atoms with E-state index in [0.29, 0.717) is 24.0 Å². The number of rotatable bonds is 3. The van der Waals surface area contributed by atoms with Crippen molar-refractivity contribution in [1.29, 1.82) is 0 Å². The highest BCUT2D eigenvalue weighted by Crippen LogP contribution is 2.32. The number of hydrogen-bond acceptors (Lipinski definition) is 5. The average Bonchev–Trinajstić information content (AvgIpc) is 2.77. The van der Waals surface area contributed by atoms with Crippen LogP contribution in [0.25, 0.3) is 0 Å². The largest absolute Gasteiger partial charge is 0.481 e. The van der Waals surface area contributed by atoms with Crippen LogP contribution >= 0.6 is 0 Å². The normalized spacial score (nSPS) is 29.3. The summed E-state index contributed by atoms with van der Waals surface area (Å²) >= 11 is 0. The lowest BCUT2D eigenvalue weighted by molar-refractivity contribution is 0.352. The number of nitrogens with zero attached hydrogens (tertiary/aromatic N) is 3. The lowest BCUT2D eigenvalue weighted by Crippen LogP contribution is -2.47. The molecule has 0 spiro atoms. The summed E-state index contributed by atoms with van der Waals surface area (Å²) in [5.74, 6) is 1.67. The molecule has 2 bridgehead atoms. The first kappa shape index (κ1) is 12.7. The lowest BCUT2D eigenvalue weighted by Gasteiger charge is -2.36. The van der Waals surface area contributed by atoms with Crippen LogP contribution in [-0.4, -0.2) is 42.3 Å². The van der Waals surface area contributed by atoms with E-state index in [1.54, 1.807) is 13.4 Å². The van der Waals surface area contributed by atoms with Crippen LogP contribution in [0.4, 0.5) is 5.82 Å². The molecule has 19 heavy (non-hydrogen) atoms. The monoisotopic (exact) mass is 262 g/mol. The fourth-order valence-electron chi connectivity index (χ4n) is 3.50. The van der Waals surface area contributed by atoms with Crippen LogP contribution in [-0.2, 0) is 0 Å². The first-order valence-electron chi connectivity index (χ1n) is 7.03. The standard InChI is InChI=1S/C14H22N4O/c1-9-13(15-8-16-14(9)19-3)18(2)12-6-10-4-5-11(7-12)17-10/h8,10-12,17H,4-7H2,1-3H3. The van der Waals surface area contributed by atoms with Gasteiger partial charge in [0.2, 0.25) is 5.88 Å². The maximum absolute atomic E-state index is 5.29. The van der Waals surface area contributed by atoms with E-state index in [-0.39, 0.29) is 0 Å². The number of piperidine rings is 1. The summed E-state index contributed by atoms with van der Waals surface area (Å²) in [5.41, 5.74) is 1.03. The van der Waals surface area contributed by atoms with Crippen molar-refractivity contribution in [3.05, 3.63) is 11.9 Å². The predicted octanol–water partition coefficient (Wildman–Crippen LogP) is 1.51. The van der Waals surface area contributed by atoms with Gasteiger partial charge in [-0.25, -0.2) is 9.97 Å². The number of fused-ring (bicyclic) bond motifs is 2. The van der Waals surface area contributed by atoms with E-state index in [9.17, 15) is 0 Å². The maximum Gasteiger partial charge on any atom is 0.221 e. The molecule has 0 radical (unpaired) electrons. The van der Waals surface area contributed by atoms with Crippen LogP contribution in [0.1, 0.15) is 31.2 Å². The summed E-state index contributed by atoms with van der Waals surface area (Å²) in [7, 11) is 3.80. The second-order valence-electron chi connectivity index (χ2n) is 5.71. The van der Waals surface area contributed by atoms with Crippen LogP contribution in [0.5, 0.6) is 5.88 Å². The molecule has 2 fully saturated rings. The number of methoxy groups -OCH3 is 1. The molecule has 2 unspecified atom stereocenters. The van der Waals surface area contributed by atoms with E-state index in [0.717, 1.165) is 11.4 Å². The molecular weight excluding hydrogens is 240 g/mol. The predicted molar refractivity (Wildman–Crippen MR) is 74.7 cm³/mol. The summed E-state index contributed by atoms with van der Waals surface area (Å²) in [6.45, 7) is 2.03. The van der Waals surface area contributed by atoms with Gasteiger partial charge in [-0.2, -0.15) is 0 Å². The Morgan fingerprint density at radius 2 is 1.95 bits per heavy atom. The Hall–Kier alpha value is -1.36. The Balaban J connectivity index is 1.82. The quantitative estimate of drug-likeness (QED) is 0.895. The Morgan fingerprint density at radius 1 is 1.26 bits per heavy atom. The van der Waals surface area contributed by atoms with E-state index < -0.39 is 0 Å². The molecule has 1 N–H and O–H groups in total. The molecule has 0 amide bonds. The molecule has 1 aromatic rings. The van der Waals surface area contributed by atoms with Crippen LogP contribution < -0.4 is 15.0 Å². The van der Waals surface area contributed by atoms with Crippen LogP contribution in [0.3, 0.4) is 0 Å².